The number of aliphatic hydroxyl groups is 1. The highest BCUT2D eigenvalue weighted by Crippen LogP contribution is 2.34. The minimum atomic E-state index is -1.65. The van der Waals surface area contributed by atoms with Crippen LogP contribution in [0.4, 0.5) is 0 Å². The third-order valence-corrected chi connectivity index (χ3v) is 10.0. The van der Waals surface area contributed by atoms with E-state index in [-0.39, 0.29) is 41.4 Å². The third kappa shape index (κ3) is 8.81. The molecule has 3 heterocycles. The number of fused-ring (bicyclic) bond motifs is 2. The van der Waals surface area contributed by atoms with Gasteiger partial charge in [-0.2, -0.15) is 0 Å². The van der Waals surface area contributed by atoms with Crippen molar-refractivity contribution < 1.29 is 48.8 Å². The monoisotopic (exact) mass is 758 g/mol. The van der Waals surface area contributed by atoms with Gasteiger partial charge in [0, 0.05) is 34.0 Å². The number of carbonyl (C=O) groups is 6. The van der Waals surface area contributed by atoms with Gasteiger partial charge in [0.25, 0.3) is 0 Å². The van der Waals surface area contributed by atoms with Gasteiger partial charge in [-0.05, 0) is 73.9 Å². The summed E-state index contributed by atoms with van der Waals surface area (Å²) in [7, 11) is 4.00. The normalized spacial score (nSPS) is 26.0. The first-order valence-corrected chi connectivity index (χ1v) is 17.7. The number of phenols is 2. The zero-order valence-electron chi connectivity index (χ0n) is 31.3. The second kappa shape index (κ2) is 16.5. The zero-order valence-corrected chi connectivity index (χ0v) is 31.3. The Bertz CT molecular complexity index is 1950. The molecule has 16 heteroatoms. The van der Waals surface area contributed by atoms with Crippen LogP contribution in [0.3, 0.4) is 0 Å². The van der Waals surface area contributed by atoms with Crippen molar-refractivity contribution in [3.63, 3.8) is 0 Å². The van der Waals surface area contributed by atoms with Crippen molar-refractivity contribution in [2.45, 2.75) is 76.0 Å². The number of amides is 6. The van der Waals surface area contributed by atoms with Crippen molar-refractivity contribution >= 4 is 35.4 Å². The number of carbonyl (C=O) groups excluding carboxylic acids is 6. The van der Waals surface area contributed by atoms with Crippen LogP contribution in [0.5, 0.6) is 23.0 Å². The van der Waals surface area contributed by atoms with E-state index >= 15 is 0 Å². The maximum Gasteiger partial charge on any atom is 0.248 e. The molecule has 6 unspecified atom stereocenters. The molecule has 0 aliphatic carbocycles. The van der Waals surface area contributed by atoms with Gasteiger partial charge < -0.3 is 50.7 Å². The molecule has 3 aliphatic heterocycles. The summed E-state index contributed by atoms with van der Waals surface area (Å²) in [4.78, 5) is 87.2. The Morgan fingerprint density at radius 2 is 1.25 bits per heavy atom. The van der Waals surface area contributed by atoms with Gasteiger partial charge in [0.2, 0.25) is 35.4 Å². The Morgan fingerprint density at radius 1 is 0.673 bits per heavy atom. The summed E-state index contributed by atoms with van der Waals surface area (Å²) >= 11 is 0. The van der Waals surface area contributed by atoms with Crippen LogP contribution in [-0.4, -0.2) is 123 Å². The maximum atomic E-state index is 14.6. The lowest BCUT2D eigenvalue weighted by molar-refractivity contribution is -0.153. The van der Waals surface area contributed by atoms with E-state index in [2.05, 4.69) is 16.0 Å². The number of nitrogens with one attached hydrogen (secondary N) is 3. The molecule has 3 aromatic carbocycles. The highest BCUT2D eigenvalue weighted by Gasteiger charge is 2.42. The topological polar surface area (TPSA) is 218 Å². The molecular formula is C39H46N6O10. The Hall–Kier alpha value is -6.16. The van der Waals surface area contributed by atoms with Gasteiger partial charge in [-0.15, -0.1) is 0 Å². The van der Waals surface area contributed by atoms with Crippen molar-refractivity contribution in [2.24, 2.45) is 0 Å². The molecule has 6 rings (SSSR count). The first kappa shape index (κ1) is 40.0. The molecule has 1 saturated heterocycles. The molecule has 0 aromatic heterocycles. The largest absolute Gasteiger partial charge is 0.508 e. The van der Waals surface area contributed by atoms with Crippen molar-refractivity contribution in [1.29, 1.82) is 0 Å². The molecule has 16 nitrogen and oxygen atoms in total. The van der Waals surface area contributed by atoms with Gasteiger partial charge in [-0.25, -0.2) is 0 Å². The third-order valence-electron chi connectivity index (χ3n) is 10.0. The predicted molar refractivity (Wildman–Crippen MR) is 198 cm³/mol. The molecular weight excluding hydrogens is 712 g/mol. The van der Waals surface area contributed by atoms with Crippen LogP contribution in [0.1, 0.15) is 43.6 Å². The molecule has 6 bridgehead atoms. The standard InChI is InChI=1S/C39H46N6O10/c1-20-34(49)41-21(2)37(52)43(4)28(17-23-7-12-26(46)13-8-23)36(51)42-22(3)38(53)45(6)32-33(48)25-10-14-27(15-11-25)55-31-19-24(9-16-30(31)47)18-29(35(50)40-20)44(5)39(32)54/h7-16,19-22,28-29,32-33,46-48H,17-18H2,1-6H3,(H,40,50)(H,41,49)(H,42,51)/t20?,21?,22?,28?,29?,32?,33-/m0/s1. The summed E-state index contributed by atoms with van der Waals surface area (Å²) in [5.74, 6) is -4.30. The van der Waals surface area contributed by atoms with Crippen LogP contribution in [0.2, 0.25) is 0 Å². The lowest BCUT2D eigenvalue weighted by Crippen LogP contribution is -2.62. The van der Waals surface area contributed by atoms with E-state index in [4.69, 9.17) is 4.74 Å². The fraction of sp³-hybridized carbons (Fsp3) is 0.385. The highest BCUT2D eigenvalue weighted by atomic mass is 16.5. The molecule has 0 radical (unpaired) electrons. The van der Waals surface area contributed by atoms with E-state index in [0.717, 1.165) is 14.7 Å². The van der Waals surface area contributed by atoms with Crippen molar-refractivity contribution in [1.82, 2.24) is 30.7 Å². The number of nitrogens with zero attached hydrogens (tertiary/aromatic N) is 3. The molecule has 1 fully saturated rings. The highest BCUT2D eigenvalue weighted by molar-refractivity contribution is 5.98. The molecule has 0 spiro atoms. The number of phenolic OH excluding ortho intramolecular Hbond substituents is 2. The van der Waals surface area contributed by atoms with E-state index in [9.17, 15) is 44.1 Å². The summed E-state index contributed by atoms with van der Waals surface area (Å²) in [5.41, 5.74) is 1.25. The summed E-state index contributed by atoms with van der Waals surface area (Å²) < 4.78 is 5.91. The minimum Gasteiger partial charge on any atom is -0.508 e. The van der Waals surface area contributed by atoms with E-state index in [0.29, 0.717) is 11.1 Å². The first-order valence-electron chi connectivity index (χ1n) is 17.7. The van der Waals surface area contributed by atoms with Gasteiger partial charge in [-0.1, -0.05) is 30.3 Å². The van der Waals surface area contributed by atoms with Crippen LogP contribution < -0.4 is 20.7 Å². The van der Waals surface area contributed by atoms with Crippen LogP contribution >= 0.6 is 0 Å². The van der Waals surface area contributed by atoms with Crippen LogP contribution in [0.25, 0.3) is 0 Å². The van der Waals surface area contributed by atoms with Crippen LogP contribution in [0, 0.1) is 0 Å². The Kier molecular flexibility index (Phi) is 12.0. The van der Waals surface area contributed by atoms with E-state index in [1.165, 1.54) is 96.5 Å². The molecule has 55 heavy (non-hydrogen) atoms. The van der Waals surface area contributed by atoms with Crippen LogP contribution in [0.15, 0.2) is 66.7 Å². The zero-order chi connectivity index (χ0) is 40.3. The number of likely N-dealkylation sites (N-methyl/N-ethyl adjacent to an activating group) is 3. The number of aliphatic hydroxyl groups excluding tert-OH is 1. The van der Waals surface area contributed by atoms with Gasteiger partial charge >= 0.3 is 0 Å². The molecule has 0 saturated carbocycles. The molecule has 7 atom stereocenters. The number of hydrogen-bond donors (Lipinski definition) is 6. The lowest BCUT2D eigenvalue weighted by Gasteiger charge is -2.38. The summed E-state index contributed by atoms with van der Waals surface area (Å²) in [6, 6.07) is 8.60. The number of benzene rings is 3. The number of aromatic hydroxyl groups is 2. The molecule has 292 valence electrons. The van der Waals surface area contributed by atoms with Gasteiger partial charge in [0.15, 0.2) is 11.5 Å². The number of rotatable bonds is 2. The number of hydrogen-bond acceptors (Lipinski definition) is 10. The molecule has 3 aliphatic rings. The van der Waals surface area contributed by atoms with Crippen LogP contribution in [-0.2, 0) is 41.6 Å². The van der Waals surface area contributed by atoms with Gasteiger partial charge in [0.05, 0.1) is 0 Å². The minimum absolute atomic E-state index is 0.00705. The van der Waals surface area contributed by atoms with Crippen molar-refractivity contribution in [3.8, 4) is 23.0 Å². The van der Waals surface area contributed by atoms with Crippen molar-refractivity contribution in [3.05, 3.63) is 83.4 Å². The first-order chi connectivity index (χ1) is 26.0. The Labute approximate surface area is 318 Å². The Balaban J connectivity index is 1.60. The average Bonchev–Trinajstić information content (AvgIpc) is 3.15. The second-order valence-corrected chi connectivity index (χ2v) is 14.0. The second-order valence-electron chi connectivity index (χ2n) is 14.0. The molecule has 3 aromatic rings. The smallest absolute Gasteiger partial charge is 0.248 e. The van der Waals surface area contributed by atoms with E-state index in [1.54, 1.807) is 12.1 Å². The molecule has 6 amide bonds. The van der Waals surface area contributed by atoms with E-state index < -0.39 is 77.8 Å². The quantitative estimate of drug-likeness (QED) is 0.215. The van der Waals surface area contributed by atoms with Gasteiger partial charge in [-0.3, -0.25) is 28.8 Å². The molecule has 6 N–H and O–H groups in total. The summed E-state index contributed by atoms with van der Waals surface area (Å²) in [6.07, 6.45) is -1.83. The average molecular weight is 759 g/mol. The summed E-state index contributed by atoms with van der Waals surface area (Å²) in [5, 5.41) is 40.0. The number of ether oxygens (including phenoxy) is 1. The maximum absolute atomic E-state index is 14.6. The summed E-state index contributed by atoms with van der Waals surface area (Å²) in [6.45, 7) is 4.22. The predicted octanol–water partition coefficient (Wildman–Crippen LogP) is 0.731. The fourth-order valence-corrected chi connectivity index (χ4v) is 6.62. The van der Waals surface area contributed by atoms with Crippen molar-refractivity contribution in [2.75, 3.05) is 21.1 Å². The lowest BCUT2D eigenvalue weighted by atomic mass is 9.96. The Morgan fingerprint density at radius 3 is 1.89 bits per heavy atom. The van der Waals surface area contributed by atoms with E-state index in [1.807, 2.05) is 0 Å². The van der Waals surface area contributed by atoms with Gasteiger partial charge in [0.1, 0.15) is 53.9 Å². The fourth-order valence-electron chi connectivity index (χ4n) is 6.62. The SMILES string of the molecule is CC1NC(=O)C2Cc3ccc(O)c(c3)Oc3ccc(cc3)[C@H](O)C(C(=O)N2C)N(C)C(=O)C(C)NC(=O)C(Cc2ccc(O)cc2)N(C)C(=O)C(C)NC1=O.